The Morgan fingerprint density at radius 1 is 0.577 bits per heavy atom. The predicted octanol–water partition coefficient (Wildman–Crippen LogP) is 3.48. The van der Waals surface area contributed by atoms with Crippen molar-refractivity contribution in [3.63, 3.8) is 0 Å². The maximum absolute atomic E-state index is 13.8. The van der Waals surface area contributed by atoms with Crippen LogP contribution >= 0.6 is 0 Å². The zero-order valence-electron chi connectivity index (χ0n) is 29.9. The molecule has 3 atom stereocenters. The van der Waals surface area contributed by atoms with Gasteiger partial charge in [0.1, 0.15) is 12.1 Å². The Morgan fingerprint density at radius 3 is 1.58 bits per heavy atom. The summed E-state index contributed by atoms with van der Waals surface area (Å²) in [5.74, 6) is -1.31. The van der Waals surface area contributed by atoms with Crippen molar-refractivity contribution >= 4 is 23.7 Å². The number of guanidine groups is 1. The minimum Gasteiger partial charge on any atom is -0.370 e. The van der Waals surface area contributed by atoms with Gasteiger partial charge in [-0.2, -0.15) is 0 Å². The molecule has 0 aliphatic rings. The molecule has 0 aliphatic heterocycles. The molecule has 0 aromatic heterocycles. The normalized spacial score (nSPS) is 12.6. The van der Waals surface area contributed by atoms with Crippen molar-refractivity contribution in [3.05, 3.63) is 120 Å². The Labute approximate surface area is 306 Å². The highest BCUT2D eigenvalue weighted by Gasteiger charge is 2.28. The van der Waals surface area contributed by atoms with Gasteiger partial charge < -0.3 is 38.1 Å². The SMILES string of the molecule is CNCCC[C@@H](NC(=O)[C@H](N)Cc1ccc(-c2ccccc2)cc1)C(=O)N[C@H](Cc1ccc(-c2ccccc2)cc1)C(=O)NCCCCNC(=N)N. The summed E-state index contributed by atoms with van der Waals surface area (Å²) in [6.07, 6.45) is 2.91. The van der Waals surface area contributed by atoms with Crippen molar-refractivity contribution in [1.29, 1.82) is 5.41 Å². The molecule has 0 saturated heterocycles. The number of unbranched alkanes of at least 4 members (excludes halogenated alkanes) is 1. The second-order valence-corrected chi connectivity index (χ2v) is 12.8. The van der Waals surface area contributed by atoms with E-state index in [1.165, 1.54) is 0 Å². The molecule has 4 aromatic carbocycles. The molecular formula is C41H52N8O3. The van der Waals surface area contributed by atoms with Crippen LogP contribution in [0.3, 0.4) is 0 Å². The number of carbonyl (C=O) groups excluding carboxylic acids is 3. The number of benzene rings is 4. The van der Waals surface area contributed by atoms with E-state index in [0.29, 0.717) is 51.7 Å². The van der Waals surface area contributed by atoms with Crippen LogP contribution in [0.15, 0.2) is 109 Å². The molecule has 3 amide bonds. The predicted molar refractivity (Wildman–Crippen MR) is 208 cm³/mol. The molecule has 0 radical (unpaired) electrons. The van der Waals surface area contributed by atoms with Crippen LogP contribution in [-0.4, -0.2) is 68.5 Å². The summed E-state index contributed by atoms with van der Waals surface area (Å²) < 4.78 is 0. The quantitative estimate of drug-likeness (QED) is 0.0393. The summed E-state index contributed by atoms with van der Waals surface area (Å²) in [5, 5.41) is 21.9. The van der Waals surface area contributed by atoms with Gasteiger partial charge in [-0.1, -0.05) is 109 Å². The Kier molecular flexibility index (Phi) is 15.8. The van der Waals surface area contributed by atoms with E-state index in [4.69, 9.17) is 16.9 Å². The van der Waals surface area contributed by atoms with E-state index in [1.54, 1.807) is 0 Å². The van der Waals surface area contributed by atoms with Crippen molar-refractivity contribution in [2.24, 2.45) is 11.5 Å². The van der Waals surface area contributed by atoms with Gasteiger partial charge in [-0.05, 0) is 79.1 Å². The Hall–Kier alpha value is -5.52. The lowest BCUT2D eigenvalue weighted by molar-refractivity contribution is -0.132. The highest BCUT2D eigenvalue weighted by molar-refractivity contribution is 5.93. The molecule has 11 heteroatoms. The first-order valence-corrected chi connectivity index (χ1v) is 17.9. The zero-order valence-corrected chi connectivity index (χ0v) is 29.9. The molecule has 0 spiro atoms. The van der Waals surface area contributed by atoms with Crippen molar-refractivity contribution < 1.29 is 14.4 Å². The van der Waals surface area contributed by atoms with Crippen LogP contribution < -0.4 is 38.1 Å². The maximum atomic E-state index is 13.8. The van der Waals surface area contributed by atoms with Crippen LogP contribution in [-0.2, 0) is 27.2 Å². The summed E-state index contributed by atoms with van der Waals surface area (Å²) in [6.45, 7) is 1.56. The molecule has 274 valence electrons. The van der Waals surface area contributed by atoms with Crippen LogP contribution in [0.5, 0.6) is 0 Å². The molecular weight excluding hydrogens is 653 g/mol. The van der Waals surface area contributed by atoms with Crippen LogP contribution in [0.4, 0.5) is 0 Å². The average molecular weight is 705 g/mol. The third-order valence-electron chi connectivity index (χ3n) is 8.76. The fourth-order valence-corrected chi connectivity index (χ4v) is 5.83. The van der Waals surface area contributed by atoms with E-state index >= 15 is 0 Å². The molecule has 0 heterocycles. The Balaban J connectivity index is 1.42. The highest BCUT2D eigenvalue weighted by Crippen LogP contribution is 2.21. The van der Waals surface area contributed by atoms with Gasteiger partial charge in [0.15, 0.2) is 5.96 Å². The van der Waals surface area contributed by atoms with Gasteiger partial charge >= 0.3 is 0 Å². The molecule has 4 aromatic rings. The van der Waals surface area contributed by atoms with Crippen LogP contribution in [0.1, 0.15) is 36.8 Å². The summed E-state index contributed by atoms with van der Waals surface area (Å²) in [5.41, 5.74) is 17.8. The van der Waals surface area contributed by atoms with Crippen molar-refractivity contribution in [2.75, 3.05) is 26.7 Å². The summed E-state index contributed by atoms with van der Waals surface area (Å²) in [6, 6.07) is 33.2. The lowest BCUT2D eigenvalue weighted by atomic mass is 9.99. The molecule has 10 N–H and O–H groups in total. The molecule has 11 nitrogen and oxygen atoms in total. The minimum atomic E-state index is -0.888. The number of rotatable bonds is 20. The topological polar surface area (TPSA) is 187 Å². The molecule has 0 bridgehead atoms. The van der Waals surface area contributed by atoms with Crippen molar-refractivity contribution in [2.45, 2.75) is 56.7 Å². The van der Waals surface area contributed by atoms with Crippen LogP contribution in [0.25, 0.3) is 22.3 Å². The van der Waals surface area contributed by atoms with Crippen LogP contribution in [0, 0.1) is 5.41 Å². The van der Waals surface area contributed by atoms with E-state index in [-0.39, 0.29) is 18.3 Å². The number of nitrogens with two attached hydrogens (primary N) is 2. The summed E-state index contributed by atoms with van der Waals surface area (Å²) >= 11 is 0. The van der Waals surface area contributed by atoms with Crippen LogP contribution in [0.2, 0.25) is 0 Å². The van der Waals surface area contributed by atoms with Gasteiger partial charge in [0, 0.05) is 19.5 Å². The summed E-state index contributed by atoms with van der Waals surface area (Å²) in [7, 11) is 1.83. The van der Waals surface area contributed by atoms with Gasteiger partial charge in [-0.3, -0.25) is 19.8 Å². The van der Waals surface area contributed by atoms with Gasteiger partial charge in [0.2, 0.25) is 17.7 Å². The Bertz CT molecular complexity index is 1700. The maximum Gasteiger partial charge on any atom is 0.243 e. The molecule has 0 saturated carbocycles. The fraction of sp³-hybridized carbons (Fsp3) is 0.317. The fourth-order valence-electron chi connectivity index (χ4n) is 5.83. The van der Waals surface area contributed by atoms with Crippen molar-refractivity contribution in [3.8, 4) is 22.3 Å². The monoisotopic (exact) mass is 704 g/mol. The van der Waals surface area contributed by atoms with Gasteiger partial charge in [0.05, 0.1) is 6.04 Å². The number of nitrogens with one attached hydrogen (secondary N) is 6. The number of hydrogen-bond donors (Lipinski definition) is 8. The van der Waals surface area contributed by atoms with Gasteiger partial charge in [-0.25, -0.2) is 0 Å². The van der Waals surface area contributed by atoms with E-state index < -0.39 is 29.9 Å². The molecule has 52 heavy (non-hydrogen) atoms. The Morgan fingerprint density at radius 2 is 1.06 bits per heavy atom. The summed E-state index contributed by atoms with van der Waals surface area (Å²) in [4.78, 5) is 40.7. The number of hydrogen-bond acceptors (Lipinski definition) is 6. The van der Waals surface area contributed by atoms with Gasteiger partial charge in [-0.15, -0.1) is 0 Å². The third-order valence-corrected chi connectivity index (χ3v) is 8.76. The highest BCUT2D eigenvalue weighted by atomic mass is 16.2. The molecule has 4 rings (SSSR count). The van der Waals surface area contributed by atoms with Crippen molar-refractivity contribution in [1.82, 2.24) is 26.6 Å². The molecule has 0 unspecified atom stereocenters. The second-order valence-electron chi connectivity index (χ2n) is 12.8. The minimum absolute atomic E-state index is 0.0973. The van der Waals surface area contributed by atoms with E-state index in [2.05, 4.69) is 26.6 Å². The van der Waals surface area contributed by atoms with E-state index in [1.807, 2.05) is 116 Å². The number of carbonyl (C=O) groups is 3. The largest absolute Gasteiger partial charge is 0.370 e. The zero-order chi connectivity index (χ0) is 37.1. The first-order chi connectivity index (χ1) is 25.2. The third kappa shape index (κ3) is 13.0. The smallest absolute Gasteiger partial charge is 0.243 e. The molecule has 0 aliphatic carbocycles. The first kappa shape index (κ1) is 39.3. The lowest BCUT2D eigenvalue weighted by Crippen LogP contribution is -2.56. The standard InChI is InChI=1S/C41H52N8O3/c1-45-24-10-15-36(48-38(50)35(42)27-29-16-20-33(21-17-29)31-11-4-2-5-12-31)40(52)49-37(39(51)46-25-8-9-26-47-41(43)44)28-30-18-22-34(23-19-30)32-13-6-3-7-14-32/h2-7,11-14,16-23,35-37,45H,8-10,15,24-28,42H2,1H3,(H,46,51)(H,48,50)(H,49,52)(H4,43,44,47)/t35-,36-,37-/m1/s1. The average Bonchev–Trinajstić information content (AvgIpc) is 3.16. The lowest BCUT2D eigenvalue weighted by Gasteiger charge is -2.24. The van der Waals surface area contributed by atoms with E-state index in [0.717, 1.165) is 33.4 Å². The van der Waals surface area contributed by atoms with E-state index in [9.17, 15) is 14.4 Å². The molecule has 0 fully saturated rings. The first-order valence-electron chi connectivity index (χ1n) is 17.9. The second kappa shape index (κ2) is 21.0. The number of amides is 3. The van der Waals surface area contributed by atoms with Gasteiger partial charge in [0.25, 0.3) is 0 Å².